The highest BCUT2D eigenvalue weighted by atomic mass is 16.7. The van der Waals surface area contributed by atoms with Crippen molar-refractivity contribution in [2.75, 3.05) is 25.0 Å². The summed E-state index contributed by atoms with van der Waals surface area (Å²) in [7, 11) is 0. The molecular formula is C39H61N3O6. The number of aliphatic hydroxyl groups excluding tert-OH is 1. The first kappa shape index (κ1) is 39.6. The van der Waals surface area contributed by atoms with Crippen LogP contribution in [0, 0.1) is 0 Å². The molecule has 0 unspecified atom stereocenters. The number of nitrogens with one attached hydrogen (secondary N) is 2. The predicted molar refractivity (Wildman–Crippen MR) is 190 cm³/mol. The van der Waals surface area contributed by atoms with Gasteiger partial charge in [-0.25, -0.2) is 5.48 Å². The van der Waals surface area contributed by atoms with Crippen molar-refractivity contribution in [1.82, 2.24) is 10.4 Å². The molecule has 1 aliphatic heterocycles. The predicted octanol–water partition coefficient (Wildman–Crippen LogP) is 8.36. The number of carbonyl (C=O) groups is 2. The lowest BCUT2D eigenvalue weighted by molar-refractivity contribution is -0.253. The Morgan fingerprint density at radius 2 is 1.29 bits per heavy atom. The van der Waals surface area contributed by atoms with Crippen molar-refractivity contribution >= 4 is 17.5 Å². The van der Waals surface area contributed by atoms with E-state index in [0.29, 0.717) is 12.1 Å². The van der Waals surface area contributed by atoms with Crippen LogP contribution in [0.15, 0.2) is 48.5 Å². The molecule has 2 aromatic carbocycles. The maximum absolute atomic E-state index is 12.4. The van der Waals surface area contributed by atoms with Crippen LogP contribution >= 0.6 is 0 Å². The van der Waals surface area contributed by atoms with Gasteiger partial charge < -0.3 is 24.8 Å². The normalized spacial score (nSPS) is 17.8. The van der Waals surface area contributed by atoms with Gasteiger partial charge in [-0.05, 0) is 55.6 Å². The van der Waals surface area contributed by atoms with E-state index in [-0.39, 0.29) is 37.6 Å². The van der Waals surface area contributed by atoms with E-state index >= 15 is 0 Å². The summed E-state index contributed by atoms with van der Waals surface area (Å²) in [6.45, 7) is 7.56. The molecule has 0 bridgehead atoms. The van der Waals surface area contributed by atoms with Gasteiger partial charge in [-0.2, -0.15) is 0 Å². The van der Waals surface area contributed by atoms with Gasteiger partial charge >= 0.3 is 0 Å². The third-order valence-corrected chi connectivity index (χ3v) is 9.13. The van der Waals surface area contributed by atoms with Crippen LogP contribution in [-0.4, -0.2) is 52.8 Å². The van der Waals surface area contributed by atoms with Crippen LogP contribution in [-0.2, 0) is 25.7 Å². The highest BCUT2D eigenvalue weighted by Crippen LogP contribution is 2.38. The van der Waals surface area contributed by atoms with Crippen LogP contribution < -0.4 is 10.8 Å². The summed E-state index contributed by atoms with van der Waals surface area (Å²) in [6, 6.07) is 15.5. The molecule has 9 nitrogen and oxygen atoms in total. The Morgan fingerprint density at radius 1 is 0.729 bits per heavy atom. The van der Waals surface area contributed by atoms with Crippen molar-refractivity contribution < 1.29 is 29.4 Å². The second kappa shape index (κ2) is 23.5. The summed E-state index contributed by atoms with van der Waals surface area (Å²) in [4.78, 5) is 26.2. The molecule has 268 valence electrons. The highest BCUT2D eigenvalue weighted by molar-refractivity contribution is 5.91. The van der Waals surface area contributed by atoms with Crippen LogP contribution in [0.2, 0.25) is 0 Å². The number of amides is 2. The molecule has 48 heavy (non-hydrogen) atoms. The van der Waals surface area contributed by atoms with Gasteiger partial charge in [0.1, 0.15) is 0 Å². The van der Waals surface area contributed by atoms with E-state index in [1.165, 1.54) is 77.0 Å². The quantitative estimate of drug-likeness (QED) is 0.0504. The molecule has 2 aromatic rings. The van der Waals surface area contributed by atoms with Crippen molar-refractivity contribution in [3.8, 4) is 0 Å². The van der Waals surface area contributed by atoms with Gasteiger partial charge in [-0.1, -0.05) is 114 Å². The molecule has 0 saturated carbocycles. The summed E-state index contributed by atoms with van der Waals surface area (Å²) < 4.78 is 13.3. The SMILES string of the molecule is CCCCCCCCN(CCCCCCCC)C[C@@H]1C[C@H](c2ccc(CO)cc2)O[C@H](c2ccc(NC(=O)CCCC(=O)NO)cc2)O1. The van der Waals surface area contributed by atoms with Crippen molar-refractivity contribution in [2.45, 2.75) is 142 Å². The third-order valence-electron chi connectivity index (χ3n) is 9.13. The van der Waals surface area contributed by atoms with Gasteiger partial charge in [0.15, 0.2) is 6.29 Å². The van der Waals surface area contributed by atoms with Crippen molar-refractivity contribution in [3.05, 3.63) is 65.2 Å². The van der Waals surface area contributed by atoms with Gasteiger partial charge in [-0.15, -0.1) is 0 Å². The minimum atomic E-state index is -0.557. The lowest BCUT2D eigenvalue weighted by Gasteiger charge is -2.38. The first-order valence-electron chi connectivity index (χ1n) is 18.5. The van der Waals surface area contributed by atoms with E-state index in [4.69, 9.17) is 14.7 Å². The fraction of sp³-hybridized carbons (Fsp3) is 0.641. The molecule has 0 aromatic heterocycles. The number of benzene rings is 2. The van der Waals surface area contributed by atoms with Crippen LogP contribution in [0.3, 0.4) is 0 Å². The maximum atomic E-state index is 12.4. The van der Waals surface area contributed by atoms with Gasteiger partial charge in [0.2, 0.25) is 11.8 Å². The molecule has 1 heterocycles. The fourth-order valence-corrected chi connectivity index (χ4v) is 6.26. The van der Waals surface area contributed by atoms with E-state index < -0.39 is 12.2 Å². The number of nitrogens with zero attached hydrogens (tertiary/aromatic N) is 1. The second-order valence-electron chi connectivity index (χ2n) is 13.2. The second-order valence-corrected chi connectivity index (χ2v) is 13.2. The van der Waals surface area contributed by atoms with Crippen LogP contribution in [0.4, 0.5) is 5.69 Å². The molecule has 0 aliphatic carbocycles. The first-order valence-corrected chi connectivity index (χ1v) is 18.5. The van der Waals surface area contributed by atoms with Crippen LogP contribution in [0.1, 0.15) is 146 Å². The zero-order valence-corrected chi connectivity index (χ0v) is 29.5. The number of carbonyl (C=O) groups excluding carboxylic acids is 2. The van der Waals surface area contributed by atoms with Crippen molar-refractivity contribution in [2.24, 2.45) is 0 Å². The fourth-order valence-electron chi connectivity index (χ4n) is 6.26. The molecule has 1 saturated heterocycles. The molecule has 3 atom stereocenters. The minimum Gasteiger partial charge on any atom is -0.392 e. The molecule has 9 heteroatoms. The number of hydrogen-bond donors (Lipinski definition) is 4. The summed E-state index contributed by atoms with van der Waals surface area (Å²) >= 11 is 0. The Balaban J connectivity index is 1.68. The zero-order valence-electron chi connectivity index (χ0n) is 29.5. The van der Waals surface area contributed by atoms with Crippen molar-refractivity contribution in [1.29, 1.82) is 0 Å². The lowest BCUT2D eigenvalue weighted by atomic mass is 9.99. The number of aliphatic hydroxyl groups is 1. The van der Waals surface area contributed by atoms with Gasteiger partial charge in [0.05, 0.1) is 18.8 Å². The number of anilines is 1. The molecule has 0 radical (unpaired) electrons. The van der Waals surface area contributed by atoms with E-state index in [1.54, 1.807) is 5.48 Å². The lowest BCUT2D eigenvalue weighted by Crippen LogP contribution is -2.40. The number of hydroxylamine groups is 1. The first-order chi connectivity index (χ1) is 23.4. The summed E-state index contributed by atoms with van der Waals surface area (Å²) in [5.41, 5.74) is 5.07. The molecule has 1 fully saturated rings. The molecule has 3 rings (SSSR count). The topological polar surface area (TPSA) is 120 Å². The number of unbranched alkanes of at least 4 members (excludes halogenated alkanes) is 10. The third kappa shape index (κ3) is 15.2. The Morgan fingerprint density at radius 3 is 1.88 bits per heavy atom. The van der Waals surface area contributed by atoms with Gasteiger partial charge in [0.25, 0.3) is 0 Å². The van der Waals surface area contributed by atoms with E-state index in [2.05, 4.69) is 24.1 Å². The molecule has 4 N–H and O–H groups in total. The summed E-state index contributed by atoms with van der Waals surface area (Å²) in [5, 5.41) is 21.1. The van der Waals surface area contributed by atoms with E-state index in [9.17, 15) is 14.7 Å². The largest absolute Gasteiger partial charge is 0.392 e. The molecule has 1 aliphatic rings. The average Bonchev–Trinajstić information content (AvgIpc) is 3.11. The standard InChI is InChI=1S/C39H61N3O6/c1-3-5-7-9-11-13-26-42(27-14-12-10-8-6-4-2)29-35-28-36(32-20-18-31(30-43)19-21-32)48-39(47-35)33-22-24-34(25-23-33)40-37(44)16-15-17-38(45)41-46/h18-25,35-36,39,43,46H,3-17,26-30H2,1-2H3,(H,40,44)(H,41,45)/t35-,36+,39+/m0/s1. The Labute approximate surface area is 288 Å². The molecular weight excluding hydrogens is 606 g/mol. The zero-order chi connectivity index (χ0) is 34.4. The summed E-state index contributed by atoms with van der Waals surface area (Å²) in [5.74, 6) is -0.700. The Bertz CT molecular complexity index is 1140. The number of rotatable bonds is 24. The number of hydrogen-bond acceptors (Lipinski definition) is 7. The smallest absolute Gasteiger partial charge is 0.243 e. The number of ether oxygens (including phenoxy) is 2. The average molecular weight is 668 g/mol. The Hall–Kier alpha value is -2.82. The van der Waals surface area contributed by atoms with Gasteiger partial charge in [0, 0.05) is 37.1 Å². The maximum Gasteiger partial charge on any atom is 0.243 e. The van der Waals surface area contributed by atoms with Crippen molar-refractivity contribution in [3.63, 3.8) is 0 Å². The van der Waals surface area contributed by atoms with E-state index in [1.807, 2.05) is 48.5 Å². The monoisotopic (exact) mass is 667 g/mol. The molecule has 2 amide bonds. The van der Waals surface area contributed by atoms with E-state index in [0.717, 1.165) is 42.7 Å². The van der Waals surface area contributed by atoms with Gasteiger partial charge in [-0.3, -0.25) is 14.8 Å². The summed E-state index contributed by atoms with van der Waals surface area (Å²) in [6.07, 6.45) is 16.0. The minimum absolute atomic E-state index is 0.00684. The van der Waals surface area contributed by atoms with Crippen LogP contribution in [0.5, 0.6) is 0 Å². The molecule has 0 spiro atoms. The highest BCUT2D eigenvalue weighted by Gasteiger charge is 2.33. The van der Waals surface area contributed by atoms with Crippen LogP contribution in [0.25, 0.3) is 0 Å². The Kier molecular flexibility index (Phi) is 19.4.